The summed E-state index contributed by atoms with van der Waals surface area (Å²) >= 11 is 1.06. The zero-order valence-corrected chi connectivity index (χ0v) is 10.4. The molecule has 5 nitrogen and oxygen atoms in total. The zero-order valence-electron chi connectivity index (χ0n) is 9.55. The lowest BCUT2D eigenvalue weighted by Gasteiger charge is -2.04. The van der Waals surface area contributed by atoms with Gasteiger partial charge >= 0.3 is 0 Å². The first-order valence-electron chi connectivity index (χ1n) is 5.18. The number of hydrogen-bond acceptors (Lipinski definition) is 5. The van der Waals surface area contributed by atoms with Crippen LogP contribution in [0.2, 0.25) is 0 Å². The summed E-state index contributed by atoms with van der Waals surface area (Å²) in [5.41, 5.74) is 0.683. The molecule has 0 aliphatic carbocycles. The van der Waals surface area contributed by atoms with Crippen LogP contribution in [0.1, 0.15) is 16.1 Å². The standard InChI is InChI=1S/C12H8FN3O2S/c13-10-4-3-9(6-8(10)2-1-5-17)14-12(18)11-7-19-16-15-11/h3-4,6-7,17H,5H2,(H,14,18). The molecule has 0 atom stereocenters. The lowest BCUT2D eigenvalue weighted by Crippen LogP contribution is -2.12. The molecule has 0 radical (unpaired) electrons. The summed E-state index contributed by atoms with van der Waals surface area (Å²) in [6, 6.07) is 3.99. The first kappa shape index (κ1) is 13.1. The molecule has 1 heterocycles. The van der Waals surface area contributed by atoms with Gasteiger partial charge in [-0.25, -0.2) is 4.39 Å². The SMILES string of the molecule is O=C(Nc1ccc(F)c(C#CCO)c1)c1csnn1. The van der Waals surface area contributed by atoms with Crippen LogP contribution in [0.25, 0.3) is 0 Å². The molecular formula is C12H8FN3O2S. The molecule has 1 aromatic carbocycles. The molecule has 2 rings (SSSR count). The molecule has 0 unspecified atom stereocenters. The highest BCUT2D eigenvalue weighted by Crippen LogP contribution is 2.15. The molecule has 0 spiro atoms. The van der Waals surface area contributed by atoms with Crippen LogP contribution >= 0.6 is 11.5 Å². The molecule has 7 heteroatoms. The number of aromatic nitrogens is 2. The summed E-state index contributed by atoms with van der Waals surface area (Å²) in [4.78, 5) is 11.7. The first-order valence-corrected chi connectivity index (χ1v) is 6.02. The smallest absolute Gasteiger partial charge is 0.277 e. The molecule has 1 aromatic heterocycles. The molecule has 1 amide bonds. The average Bonchev–Trinajstić information content (AvgIpc) is 2.93. The van der Waals surface area contributed by atoms with E-state index in [1.165, 1.54) is 23.6 Å². The minimum Gasteiger partial charge on any atom is -0.384 e. The van der Waals surface area contributed by atoms with Crippen LogP contribution in [-0.2, 0) is 0 Å². The van der Waals surface area contributed by atoms with Crippen LogP contribution in [0, 0.1) is 17.7 Å². The Kier molecular flexibility index (Phi) is 4.18. The number of anilines is 1. The highest BCUT2D eigenvalue weighted by molar-refractivity contribution is 7.03. The van der Waals surface area contributed by atoms with E-state index in [4.69, 9.17) is 5.11 Å². The Bertz CT molecular complexity index is 647. The Morgan fingerprint density at radius 3 is 3.05 bits per heavy atom. The summed E-state index contributed by atoms with van der Waals surface area (Å²) in [7, 11) is 0. The molecule has 96 valence electrons. The van der Waals surface area contributed by atoms with Crippen molar-refractivity contribution in [2.75, 3.05) is 11.9 Å². The van der Waals surface area contributed by atoms with Gasteiger partial charge in [0.15, 0.2) is 5.69 Å². The van der Waals surface area contributed by atoms with Gasteiger partial charge < -0.3 is 10.4 Å². The number of nitrogens with one attached hydrogen (secondary N) is 1. The number of hydrogen-bond donors (Lipinski definition) is 2. The third-order valence-corrected chi connectivity index (χ3v) is 2.62. The molecule has 0 saturated heterocycles. The third-order valence-electron chi connectivity index (χ3n) is 2.12. The van der Waals surface area contributed by atoms with Crippen LogP contribution in [0.15, 0.2) is 23.6 Å². The maximum Gasteiger partial charge on any atom is 0.277 e. The van der Waals surface area contributed by atoms with E-state index in [-0.39, 0.29) is 17.9 Å². The topological polar surface area (TPSA) is 75.1 Å². The van der Waals surface area contributed by atoms with Crippen molar-refractivity contribution in [1.82, 2.24) is 9.59 Å². The van der Waals surface area contributed by atoms with Gasteiger partial charge in [0.2, 0.25) is 0 Å². The number of rotatable bonds is 2. The van der Waals surface area contributed by atoms with Gasteiger partial charge in [0.1, 0.15) is 12.4 Å². The molecule has 0 aliphatic rings. The number of carbonyl (C=O) groups is 1. The van der Waals surface area contributed by atoms with Crippen LogP contribution in [-0.4, -0.2) is 27.2 Å². The third kappa shape index (κ3) is 3.34. The van der Waals surface area contributed by atoms with Crippen molar-refractivity contribution in [2.24, 2.45) is 0 Å². The minimum atomic E-state index is -0.519. The highest BCUT2D eigenvalue weighted by atomic mass is 32.1. The number of halogens is 1. The number of carbonyl (C=O) groups excluding carboxylic acids is 1. The van der Waals surface area contributed by atoms with E-state index in [1.807, 2.05) is 0 Å². The summed E-state index contributed by atoms with van der Waals surface area (Å²) in [5, 5.41) is 16.3. The number of nitrogens with zero attached hydrogens (tertiary/aromatic N) is 2. The largest absolute Gasteiger partial charge is 0.384 e. The van der Waals surface area contributed by atoms with Gasteiger partial charge in [0.05, 0.1) is 5.56 Å². The second kappa shape index (κ2) is 6.04. The predicted octanol–water partition coefficient (Wildman–Crippen LogP) is 1.27. The molecule has 0 saturated carbocycles. The molecule has 2 aromatic rings. The van der Waals surface area contributed by atoms with Gasteiger partial charge in [-0.1, -0.05) is 16.3 Å². The zero-order chi connectivity index (χ0) is 13.7. The van der Waals surface area contributed by atoms with Crippen molar-refractivity contribution >= 4 is 23.1 Å². The molecule has 0 aliphatic heterocycles. The molecule has 2 N–H and O–H groups in total. The molecular weight excluding hydrogens is 269 g/mol. The molecule has 0 bridgehead atoms. The van der Waals surface area contributed by atoms with Crippen molar-refractivity contribution in [3.8, 4) is 11.8 Å². The predicted molar refractivity (Wildman–Crippen MR) is 68.2 cm³/mol. The number of amides is 1. The van der Waals surface area contributed by atoms with Crippen molar-refractivity contribution in [3.63, 3.8) is 0 Å². The Hall–Kier alpha value is -2.30. The van der Waals surface area contributed by atoms with E-state index in [2.05, 4.69) is 26.7 Å². The second-order valence-electron chi connectivity index (χ2n) is 3.40. The summed E-state index contributed by atoms with van der Waals surface area (Å²) in [6.07, 6.45) is 0. The summed E-state index contributed by atoms with van der Waals surface area (Å²) in [5.74, 6) is 3.86. The fourth-order valence-electron chi connectivity index (χ4n) is 1.29. The molecule has 19 heavy (non-hydrogen) atoms. The van der Waals surface area contributed by atoms with Gasteiger partial charge in [-0.2, -0.15) is 0 Å². The van der Waals surface area contributed by atoms with E-state index in [0.29, 0.717) is 5.69 Å². The quantitative estimate of drug-likeness (QED) is 0.811. The summed E-state index contributed by atoms with van der Waals surface area (Å²) < 4.78 is 17.0. The van der Waals surface area contributed by atoms with E-state index >= 15 is 0 Å². The Morgan fingerprint density at radius 2 is 2.37 bits per heavy atom. The normalized spacial score (nSPS) is 9.58. The van der Waals surface area contributed by atoms with Crippen molar-refractivity contribution < 1.29 is 14.3 Å². The van der Waals surface area contributed by atoms with Crippen molar-refractivity contribution in [1.29, 1.82) is 0 Å². The number of aliphatic hydroxyl groups excluding tert-OH is 1. The number of aliphatic hydroxyl groups is 1. The second-order valence-corrected chi connectivity index (χ2v) is 4.01. The first-order chi connectivity index (χ1) is 9.20. The van der Waals surface area contributed by atoms with Gasteiger partial charge in [0, 0.05) is 11.1 Å². The lowest BCUT2D eigenvalue weighted by molar-refractivity contribution is 0.102. The highest BCUT2D eigenvalue weighted by Gasteiger charge is 2.10. The maximum absolute atomic E-state index is 13.4. The van der Waals surface area contributed by atoms with E-state index in [9.17, 15) is 9.18 Å². The van der Waals surface area contributed by atoms with Crippen molar-refractivity contribution in [2.45, 2.75) is 0 Å². The fraction of sp³-hybridized carbons (Fsp3) is 0.0833. The average molecular weight is 277 g/mol. The Labute approximate surface area is 112 Å². The van der Waals surface area contributed by atoms with Gasteiger partial charge in [0.25, 0.3) is 5.91 Å². The van der Waals surface area contributed by atoms with Gasteiger partial charge in [-0.05, 0) is 29.7 Å². The van der Waals surface area contributed by atoms with Gasteiger partial charge in [-0.3, -0.25) is 4.79 Å². The van der Waals surface area contributed by atoms with Crippen molar-refractivity contribution in [3.05, 3.63) is 40.7 Å². The molecule has 0 fully saturated rings. The van der Waals surface area contributed by atoms with Crippen LogP contribution in [0.4, 0.5) is 10.1 Å². The number of benzene rings is 1. The Balaban J connectivity index is 2.19. The van der Waals surface area contributed by atoms with Crippen LogP contribution in [0.3, 0.4) is 0 Å². The summed E-state index contributed by atoms with van der Waals surface area (Å²) in [6.45, 7) is -0.361. The van der Waals surface area contributed by atoms with E-state index in [0.717, 1.165) is 11.5 Å². The maximum atomic E-state index is 13.4. The van der Waals surface area contributed by atoms with E-state index < -0.39 is 11.7 Å². The van der Waals surface area contributed by atoms with Crippen LogP contribution < -0.4 is 5.32 Å². The monoisotopic (exact) mass is 277 g/mol. The Morgan fingerprint density at radius 1 is 1.53 bits per heavy atom. The van der Waals surface area contributed by atoms with E-state index in [1.54, 1.807) is 0 Å². The van der Waals surface area contributed by atoms with Crippen LogP contribution in [0.5, 0.6) is 0 Å². The fourth-order valence-corrected chi connectivity index (χ4v) is 1.73. The minimum absolute atomic E-state index is 0.100. The van der Waals surface area contributed by atoms with Gasteiger partial charge in [-0.15, -0.1) is 5.10 Å². The lowest BCUT2D eigenvalue weighted by atomic mass is 10.2.